The molecule has 0 spiro atoms. The molecule has 5 N–H and O–H groups in total. The van der Waals surface area contributed by atoms with Crippen LogP contribution in [0.4, 0.5) is 0 Å². The van der Waals surface area contributed by atoms with Gasteiger partial charge < -0.3 is 44.9 Å². The average Bonchev–Trinajstić information content (AvgIpc) is 3.25. The number of fused-ring (bicyclic) bond motifs is 4. The fraction of sp³-hybridized carbons (Fsp3) is 0.778. The van der Waals surface area contributed by atoms with Gasteiger partial charge >= 0.3 is 0 Å². The van der Waals surface area contributed by atoms with Gasteiger partial charge in [-0.05, 0) is 47.7 Å². The highest BCUT2D eigenvalue weighted by Crippen LogP contribution is 2.45. The van der Waals surface area contributed by atoms with E-state index in [4.69, 9.17) is 14.2 Å². The van der Waals surface area contributed by atoms with Crippen molar-refractivity contribution < 1.29 is 44.2 Å². The summed E-state index contributed by atoms with van der Waals surface area (Å²) >= 11 is 0. The van der Waals surface area contributed by atoms with Crippen LogP contribution in [0.2, 0.25) is 0 Å². The highest BCUT2D eigenvalue weighted by molar-refractivity contribution is 6.25. The number of aliphatic hydroxyl groups is 4. The molecule has 10 atom stereocenters. The lowest BCUT2D eigenvalue weighted by atomic mass is 9.75. The van der Waals surface area contributed by atoms with Gasteiger partial charge in [-0.25, -0.2) is 0 Å². The molecule has 0 saturated carbocycles. The number of Topliss-reactive ketones (excluding diaryl/α,β-unsaturated/α-hetero) is 2. The van der Waals surface area contributed by atoms with Crippen molar-refractivity contribution >= 4 is 11.6 Å². The molecule has 12 heteroatoms. The van der Waals surface area contributed by atoms with Gasteiger partial charge in [0, 0.05) is 47.2 Å². The summed E-state index contributed by atoms with van der Waals surface area (Å²) in [5, 5.41) is 46.1. The van der Waals surface area contributed by atoms with Crippen molar-refractivity contribution in [3.8, 4) is 0 Å². The lowest BCUT2D eigenvalue weighted by Gasteiger charge is -2.53. The third-order valence-electron chi connectivity index (χ3n) is 9.31. The van der Waals surface area contributed by atoms with E-state index in [0.29, 0.717) is 12.0 Å². The van der Waals surface area contributed by atoms with Crippen LogP contribution in [-0.2, 0) is 23.8 Å². The molecule has 1 aliphatic carbocycles. The summed E-state index contributed by atoms with van der Waals surface area (Å²) < 4.78 is 17.7. The number of nitrogens with zero attached hydrogens (tertiary/aromatic N) is 2. The van der Waals surface area contributed by atoms with Gasteiger partial charge in [0.25, 0.3) is 0 Å². The van der Waals surface area contributed by atoms with Gasteiger partial charge in [0.15, 0.2) is 24.1 Å². The summed E-state index contributed by atoms with van der Waals surface area (Å²) in [4.78, 5) is 30.9. The molecule has 0 aromatic rings. The maximum absolute atomic E-state index is 13.7. The second-order valence-electron chi connectivity index (χ2n) is 12.0. The molecule has 218 valence electrons. The number of carbonyl (C=O) groups is 2. The normalized spacial score (nSPS) is 42.9. The minimum absolute atomic E-state index is 0.0299. The van der Waals surface area contributed by atoms with Gasteiger partial charge in [0.05, 0.1) is 37.5 Å². The molecule has 4 heterocycles. The Balaban J connectivity index is 1.49. The molecule has 5 rings (SSSR count). The molecule has 5 aliphatic rings. The van der Waals surface area contributed by atoms with Gasteiger partial charge in [-0.2, -0.15) is 0 Å². The first-order valence-corrected chi connectivity index (χ1v) is 13.6. The van der Waals surface area contributed by atoms with E-state index in [0.717, 1.165) is 0 Å². The quantitative estimate of drug-likeness (QED) is 0.195. The number of ether oxygens (including phenoxy) is 3. The zero-order valence-corrected chi connectivity index (χ0v) is 23.3. The van der Waals surface area contributed by atoms with Gasteiger partial charge in [0.2, 0.25) is 5.78 Å². The van der Waals surface area contributed by atoms with E-state index in [1.54, 1.807) is 18.7 Å². The van der Waals surface area contributed by atoms with Gasteiger partial charge in [-0.3, -0.25) is 14.5 Å². The smallest absolute Gasteiger partial charge is 0.226 e. The van der Waals surface area contributed by atoms with Crippen molar-refractivity contribution in [3.63, 3.8) is 0 Å². The number of piperazine rings is 1. The van der Waals surface area contributed by atoms with E-state index in [2.05, 4.69) is 5.32 Å². The third-order valence-corrected chi connectivity index (χ3v) is 9.31. The zero-order valence-electron chi connectivity index (χ0n) is 23.3. The number of ketones is 2. The summed E-state index contributed by atoms with van der Waals surface area (Å²) in [6, 6.07) is -2.44. The Labute approximate surface area is 228 Å². The third kappa shape index (κ3) is 4.59. The highest BCUT2D eigenvalue weighted by Gasteiger charge is 2.58. The average molecular weight is 552 g/mol. The minimum atomic E-state index is -1.60. The molecule has 0 aromatic carbocycles. The Hall–Kier alpha value is -1.74. The number of carbonyl (C=O) groups excluding carboxylic acids is 2. The van der Waals surface area contributed by atoms with Gasteiger partial charge in [-0.1, -0.05) is 0 Å². The SMILES string of the molecule is COC1=C(C)C(=O)C2=C(C1=O)[C@H](CO[C@@H]1C[C@](C)(O)[C@H](N(C)C)[C@H](C)O1)N1[C@@H](O)[C@H]3C[C@@H](C(O)O)[C@H](N3)[C@@H]1C2. The highest BCUT2D eigenvalue weighted by atomic mass is 16.7. The Morgan fingerprint density at radius 2 is 1.95 bits per heavy atom. The van der Waals surface area contributed by atoms with Crippen LogP contribution in [0.1, 0.15) is 40.0 Å². The summed E-state index contributed by atoms with van der Waals surface area (Å²) in [5.41, 5.74) is -0.335. The standard InChI is InChI=1S/C27H41N3O9/c1-11-21(31)13-8-16-20-14(26(34)35)7-15(28-20)25(33)30(16)17(19(13)22(32)23(11)37-6)10-38-18-9-27(3,36)24(29(4)5)12(2)39-18/h12,14-18,20,24-26,28,33-36H,7-10H2,1-6H3/t12-,14+,15+,16-,17-,18-,20-,24+,25-,27-/m0/s1. The molecule has 2 bridgehead atoms. The molecule has 0 amide bonds. The fourth-order valence-electron chi connectivity index (χ4n) is 7.84. The van der Waals surface area contributed by atoms with Crippen LogP contribution in [0.15, 0.2) is 22.5 Å². The van der Waals surface area contributed by atoms with Crippen molar-refractivity contribution in [2.75, 3.05) is 27.8 Å². The van der Waals surface area contributed by atoms with Crippen molar-refractivity contribution in [1.82, 2.24) is 15.1 Å². The molecule has 39 heavy (non-hydrogen) atoms. The van der Waals surface area contributed by atoms with E-state index in [9.17, 15) is 30.0 Å². The Bertz CT molecular complexity index is 1090. The van der Waals surface area contributed by atoms with Gasteiger partial charge in [0.1, 0.15) is 6.23 Å². The minimum Gasteiger partial charge on any atom is -0.492 e. The number of nitrogens with one attached hydrogen (secondary N) is 1. The Morgan fingerprint density at radius 1 is 1.26 bits per heavy atom. The number of methoxy groups -OCH3 is 1. The maximum atomic E-state index is 13.7. The van der Waals surface area contributed by atoms with Crippen molar-refractivity contribution in [3.05, 3.63) is 22.5 Å². The zero-order chi connectivity index (χ0) is 28.5. The molecule has 3 fully saturated rings. The van der Waals surface area contributed by atoms with Crippen LogP contribution >= 0.6 is 0 Å². The van der Waals surface area contributed by atoms with Crippen LogP contribution in [0.25, 0.3) is 0 Å². The largest absolute Gasteiger partial charge is 0.492 e. The number of aliphatic hydroxyl groups excluding tert-OH is 2. The summed E-state index contributed by atoms with van der Waals surface area (Å²) in [6.07, 6.45) is -3.12. The van der Waals surface area contributed by atoms with E-state index in [1.807, 2.05) is 25.9 Å². The first kappa shape index (κ1) is 28.8. The Kier molecular flexibility index (Phi) is 7.58. The molecule has 0 aromatic heterocycles. The van der Waals surface area contributed by atoms with E-state index >= 15 is 0 Å². The van der Waals surface area contributed by atoms with Crippen LogP contribution in [-0.4, -0.2) is 130 Å². The number of hydrogen-bond acceptors (Lipinski definition) is 12. The predicted octanol–water partition coefficient (Wildman–Crippen LogP) is -1.38. The fourth-order valence-corrected chi connectivity index (χ4v) is 7.84. The number of rotatable bonds is 6. The topological polar surface area (TPSA) is 161 Å². The first-order valence-electron chi connectivity index (χ1n) is 13.6. The summed E-state index contributed by atoms with van der Waals surface area (Å²) in [6.45, 7) is 5.07. The van der Waals surface area contributed by atoms with Crippen LogP contribution in [0, 0.1) is 5.92 Å². The molecule has 0 unspecified atom stereocenters. The molecule has 4 aliphatic heterocycles. The monoisotopic (exact) mass is 551 g/mol. The predicted molar refractivity (Wildman–Crippen MR) is 137 cm³/mol. The molecule has 12 nitrogen and oxygen atoms in total. The number of allylic oxidation sites excluding steroid dienone is 2. The van der Waals surface area contributed by atoms with Crippen LogP contribution in [0.5, 0.6) is 0 Å². The molecular formula is C27H41N3O9. The van der Waals surface area contributed by atoms with Crippen LogP contribution in [0.3, 0.4) is 0 Å². The van der Waals surface area contributed by atoms with Crippen molar-refractivity contribution in [2.45, 2.75) is 101 Å². The maximum Gasteiger partial charge on any atom is 0.226 e. The summed E-state index contributed by atoms with van der Waals surface area (Å²) in [5.74, 6) is -1.31. The van der Waals surface area contributed by atoms with Crippen molar-refractivity contribution in [1.29, 1.82) is 0 Å². The number of likely N-dealkylation sites (N-methyl/N-ethyl adjacent to an activating group) is 1. The van der Waals surface area contributed by atoms with Gasteiger partial charge in [-0.15, -0.1) is 0 Å². The van der Waals surface area contributed by atoms with Crippen LogP contribution < -0.4 is 5.32 Å². The van der Waals surface area contributed by atoms with E-state index in [1.165, 1.54) is 7.11 Å². The molecular weight excluding hydrogens is 510 g/mol. The number of hydrogen-bond donors (Lipinski definition) is 5. The summed E-state index contributed by atoms with van der Waals surface area (Å²) in [7, 11) is 5.10. The van der Waals surface area contributed by atoms with E-state index in [-0.39, 0.29) is 54.3 Å². The Morgan fingerprint density at radius 3 is 2.54 bits per heavy atom. The first-order chi connectivity index (χ1) is 18.3. The second-order valence-corrected chi connectivity index (χ2v) is 12.0. The lowest BCUT2D eigenvalue weighted by Crippen LogP contribution is -2.70. The van der Waals surface area contributed by atoms with Crippen molar-refractivity contribution in [2.24, 2.45) is 5.92 Å². The second kappa shape index (κ2) is 10.3. The lowest BCUT2D eigenvalue weighted by molar-refractivity contribution is -0.261. The molecule has 0 radical (unpaired) electrons. The molecule has 3 saturated heterocycles. The van der Waals surface area contributed by atoms with E-state index < -0.39 is 60.3 Å².